The molecule has 0 aliphatic carbocycles. The lowest BCUT2D eigenvalue weighted by Gasteiger charge is -2.09. The highest BCUT2D eigenvalue weighted by atomic mass is 16.5. The Morgan fingerprint density at radius 1 is 1.53 bits per heavy atom. The first-order valence-corrected chi connectivity index (χ1v) is 5.01. The number of hydrogen-bond acceptors (Lipinski definition) is 3. The average Bonchev–Trinajstić information content (AvgIpc) is 2.26. The molecule has 0 unspecified atom stereocenters. The van der Waals surface area contributed by atoms with E-state index in [-0.39, 0.29) is 17.5 Å². The van der Waals surface area contributed by atoms with Gasteiger partial charge in [0.25, 0.3) is 0 Å². The molecule has 0 spiro atoms. The normalized spacial score (nSPS) is 12.2. The van der Waals surface area contributed by atoms with E-state index in [9.17, 15) is 9.90 Å². The van der Waals surface area contributed by atoms with E-state index in [1.807, 2.05) is 13.8 Å². The van der Waals surface area contributed by atoms with Crippen molar-refractivity contribution in [3.05, 3.63) is 23.8 Å². The minimum Gasteiger partial charge on any atom is -0.504 e. The molecule has 0 amide bonds. The Morgan fingerprint density at radius 2 is 2.20 bits per heavy atom. The summed E-state index contributed by atoms with van der Waals surface area (Å²) >= 11 is 0. The number of ketones is 1. The molecular formula is C12H16O3. The molecule has 0 bridgehead atoms. The molecular weight excluding hydrogens is 192 g/mol. The summed E-state index contributed by atoms with van der Waals surface area (Å²) < 4.78 is 4.91. The molecule has 1 rings (SSSR count). The second-order valence-corrected chi connectivity index (χ2v) is 3.56. The molecule has 15 heavy (non-hydrogen) atoms. The Bertz CT molecular complexity index is 358. The van der Waals surface area contributed by atoms with Crippen molar-refractivity contribution < 1.29 is 14.6 Å². The molecule has 1 aromatic rings. The van der Waals surface area contributed by atoms with E-state index < -0.39 is 0 Å². The fourth-order valence-corrected chi connectivity index (χ4v) is 1.31. The van der Waals surface area contributed by atoms with Crippen LogP contribution in [0.1, 0.15) is 30.6 Å². The van der Waals surface area contributed by atoms with E-state index in [1.165, 1.54) is 13.2 Å². The number of carbonyl (C=O) groups excluding carboxylic acids is 1. The summed E-state index contributed by atoms with van der Waals surface area (Å²) in [4.78, 5) is 11.8. The smallest absolute Gasteiger partial charge is 0.165 e. The summed E-state index contributed by atoms with van der Waals surface area (Å²) in [5.41, 5.74) is 0.530. The van der Waals surface area contributed by atoms with Gasteiger partial charge in [0.2, 0.25) is 0 Å². The molecule has 1 atom stereocenters. The summed E-state index contributed by atoms with van der Waals surface area (Å²) in [6.07, 6.45) is 0.797. The number of methoxy groups -OCH3 is 1. The van der Waals surface area contributed by atoms with Gasteiger partial charge in [-0.2, -0.15) is 0 Å². The number of phenols is 1. The number of hydrogen-bond donors (Lipinski definition) is 1. The molecule has 0 heterocycles. The first kappa shape index (κ1) is 11.6. The number of phenolic OH excluding ortho intramolecular Hbond substituents is 1. The minimum absolute atomic E-state index is 0.00616. The lowest BCUT2D eigenvalue weighted by Crippen LogP contribution is -2.09. The Morgan fingerprint density at radius 3 is 2.67 bits per heavy atom. The number of ether oxygens (including phenoxy) is 1. The average molecular weight is 208 g/mol. The van der Waals surface area contributed by atoms with Gasteiger partial charge in [0, 0.05) is 11.5 Å². The van der Waals surface area contributed by atoms with Gasteiger partial charge in [-0.3, -0.25) is 4.79 Å². The Balaban J connectivity index is 2.97. The maximum absolute atomic E-state index is 11.8. The first-order chi connectivity index (χ1) is 7.10. The molecule has 0 radical (unpaired) electrons. The quantitative estimate of drug-likeness (QED) is 0.774. The van der Waals surface area contributed by atoms with Crippen LogP contribution in [0, 0.1) is 5.92 Å². The summed E-state index contributed by atoms with van der Waals surface area (Å²) in [6, 6.07) is 4.73. The zero-order chi connectivity index (χ0) is 11.4. The second-order valence-electron chi connectivity index (χ2n) is 3.56. The first-order valence-electron chi connectivity index (χ1n) is 5.01. The Labute approximate surface area is 89.7 Å². The number of rotatable bonds is 4. The fraction of sp³-hybridized carbons (Fsp3) is 0.417. The maximum atomic E-state index is 11.8. The number of aromatic hydroxyl groups is 1. The molecule has 0 aromatic heterocycles. The minimum atomic E-state index is -0.0159. The predicted molar refractivity (Wildman–Crippen MR) is 58.4 cm³/mol. The fourth-order valence-electron chi connectivity index (χ4n) is 1.31. The van der Waals surface area contributed by atoms with Crippen molar-refractivity contribution in [2.75, 3.05) is 7.11 Å². The largest absolute Gasteiger partial charge is 0.504 e. The highest BCUT2D eigenvalue weighted by Crippen LogP contribution is 2.27. The van der Waals surface area contributed by atoms with E-state index >= 15 is 0 Å². The summed E-state index contributed by atoms with van der Waals surface area (Å²) in [6.45, 7) is 3.84. The predicted octanol–water partition coefficient (Wildman–Crippen LogP) is 2.63. The van der Waals surface area contributed by atoms with Gasteiger partial charge < -0.3 is 9.84 Å². The van der Waals surface area contributed by atoms with Crippen LogP contribution in [0.15, 0.2) is 18.2 Å². The molecule has 1 N–H and O–H groups in total. The molecule has 3 nitrogen and oxygen atoms in total. The molecule has 0 aliphatic heterocycles. The maximum Gasteiger partial charge on any atom is 0.165 e. The Kier molecular flexibility index (Phi) is 3.72. The standard InChI is InChI=1S/C12H16O3/c1-4-8(2)12(14)9-5-6-11(15-3)10(13)7-9/h5-8,13H,4H2,1-3H3/t8-/m1/s1. The van der Waals surface area contributed by atoms with Crippen LogP contribution in [-0.4, -0.2) is 18.0 Å². The summed E-state index contributed by atoms with van der Waals surface area (Å²) in [7, 11) is 1.48. The zero-order valence-corrected chi connectivity index (χ0v) is 9.28. The lowest BCUT2D eigenvalue weighted by molar-refractivity contribution is 0.0927. The van der Waals surface area contributed by atoms with E-state index in [0.29, 0.717) is 11.3 Å². The topological polar surface area (TPSA) is 46.5 Å². The number of benzene rings is 1. The summed E-state index contributed by atoms with van der Waals surface area (Å²) in [5.74, 6) is 0.426. The van der Waals surface area contributed by atoms with E-state index in [2.05, 4.69) is 0 Å². The van der Waals surface area contributed by atoms with E-state index in [0.717, 1.165) is 6.42 Å². The van der Waals surface area contributed by atoms with Crippen LogP contribution in [0.5, 0.6) is 11.5 Å². The van der Waals surface area contributed by atoms with E-state index in [4.69, 9.17) is 4.74 Å². The van der Waals surface area contributed by atoms with Gasteiger partial charge in [-0.1, -0.05) is 13.8 Å². The lowest BCUT2D eigenvalue weighted by atomic mass is 9.97. The van der Waals surface area contributed by atoms with Crippen LogP contribution >= 0.6 is 0 Å². The Hall–Kier alpha value is -1.51. The van der Waals surface area contributed by atoms with Crippen molar-refractivity contribution in [2.24, 2.45) is 5.92 Å². The van der Waals surface area contributed by atoms with Crippen molar-refractivity contribution >= 4 is 5.78 Å². The van der Waals surface area contributed by atoms with Crippen LogP contribution in [-0.2, 0) is 0 Å². The van der Waals surface area contributed by atoms with Gasteiger partial charge in [0.15, 0.2) is 17.3 Å². The van der Waals surface area contributed by atoms with Crippen LogP contribution in [0.3, 0.4) is 0 Å². The molecule has 0 saturated heterocycles. The van der Waals surface area contributed by atoms with Crippen LogP contribution in [0.25, 0.3) is 0 Å². The van der Waals surface area contributed by atoms with Crippen molar-refractivity contribution in [2.45, 2.75) is 20.3 Å². The molecule has 0 aliphatic rings. The third kappa shape index (κ3) is 2.49. The number of carbonyl (C=O) groups is 1. The third-order valence-electron chi connectivity index (χ3n) is 2.52. The van der Waals surface area contributed by atoms with Gasteiger partial charge in [0.1, 0.15) is 0 Å². The van der Waals surface area contributed by atoms with Gasteiger partial charge in [-0.15, -0.1) is 0 Å². The molecule has 0 saturated carbocycles. The van der Waals surface area contributed by atoms with Crippen molar-refractivity contribution in [3.8, 4) is 11.5 Å². The molecule has 3 heteroatoms. The highest BCUT2D eigenvalue weighted by molar-refractivity contribution is 5.98. The number of Topliss-reactive ketones (excluding diaryl/α,β-unsaturated/α-hetero) is 1. The zero-order valence-electron chi connectivity index (χ0n) is 9.28. The molecule has 0 fully saturated rings. The van der Waals surface area contributed by atoms with Gasteiger partial charge in [-0.25, -0.2) is 0 Å². The summed E-state index contributed by atoms with van der Waals surface area (Å²) in [5, 5.41) is 9.52. The second kappa shape index (κ2) is 4.82. The third-order valence-corrected chi connectivity index (χ3v) is 2.52. The van der Waals surface area contributed by atoms with Crippen LogP contribution in [0.4, 0.5) is 0 Å². The van der Waals surface area contributed by atoms with Crippen LogP contribution in [0.2, 0.25) is 0 Å². The van der Waals surface area contributed by atoms with Gasteiger partial charge in [-0.05, 0) is 24.6 Å². The SMILES string of the molecule is CC[C@@H](C)C(=O)c1ccc(OC)c(O)c1. The molecule has 82 valence electrons. The van der Waals surface area contributed by atoms with Crippen molar-refractivity contribution in [3.63, 3.8) is 0 Å². The van der Waals surface area contributed by atoms with E-state index in [1.54, 1.807) is 12.1 Å². The van der Waals surface area contributed by atoms with Crippen molar-refractivity contribution in [1.82, 2.24) is 0 Å². The van der Waals surface area contributed by atoms with Crippen molar-refractivity contribution in [1.29, 1.82) is 0 Å². The molecule has 1 aromatic carbocycles. The van der Waals surface area contributed by atoms with Crippen LogP contribution < -0.4 is 4.74 Å². The monoisotopic (exact) mass is 208 g/mol. The van der Waals surface area contributed by atoms with Gasteiger partial charge >= 0.3 is 0 Å². The highest BCUT2D eigenvalue weighted by Gasteiger charge is 2.14. The van der Waals surface area contributed by atoms with Gasteiger partial charge in [0.05, 0.1) is 7.11 Å².